The first-order chi connectivity index (χ1) is 59.9. The van der Waals surface area contributed by atoms with Gasteiger partial charge in [0.1, 0.15) is 24.4 Å². The quantitative estimate of drug-likeness (QED) is 0.0388. The summed E-state index contributed by atoms with van der Waals surface area (Å²) in [4.78, 5) is 55.3. The second-order valence-corrected chi connectivity index (χ2v) is 57.3. The third kappa shape index (κ3) is 42.0. The maximum absolute atomic E-state index is 12.3. The molecule has 0 radical (unpaired) electrons. The molecule has 2 aromatic carbocycles. The second kappa shape index (κ2) is 48.7. The summed E-state index contributed by atoms with van der Waals surface area (Å²) in [6.07, 6.45) is 32.7. The van der Waals surface area contributed by atoms with Crippen LogP contribution in [0.2, 0.25) is 10.6 Å². The number of hydrogen-bond donors (Lipinski definition) is 5. The zero-order valence-electron chi connectivity index (χ0n) is 94.1. The van der Waals surface area contributed by atoms with Crippen molar-refractivity contribution in [2.45, 2.75) is 611 Å². The van der Waals surface area contributed by atoms with Crippen LogP contribution in [0, 0.1) is 5.92 Å². The van der Waals surface area contributed by atoms with E-state index in [4.69, 9.17) is 18.9 Å². The van der Waals surface area contributed by atoms with Crippen LogP contribution in [-0.4, -0.2) is 190 Å². The van der Waals surface area contributed by atoms with Crippen molar-refractivity contribution in [3.8, 4) is 0 Å². The normalized spacial score (nSPS) is 25.4. The van der Waals surface area contributed by atoms with Crippen LogP contribution in [0.3, 0.4) is 0 Å². The average Bonchev–Trinajstić information content (AvgIpc) is 0.861. The van der Waals surface area contributed by atoms with Gasteiger partial charge in [0.25, 0.3) is 0 Å². The van der Waals surface area contributed by atoms with Crippen LogP contribution in [-0.2, 0) is 33.3 Å². The third-order valence-corrected chi connectivity index (χ3v) is 34.0. The molecule has 9 aliphatic heterocycles. The number of esters is 4. The number of ether oxygens (including phenoxy) is 4. The molecule has 2 aromatic rings. The van der Waals surface area contributed by atoms with E-state index in [1.807, 2.05) is 18.2 Å². The number of rotatable bonds is 19. The lowest BCUT2D eigenvalue weighted by Crippen LogP contribution is -2.64. The van der Waals surface area contributed by atoms with Crippen molar-refractivity contribution in [3.05, 3.63) is 66.2 Å². The van der Waals surface area contributed by atoms with Crippen molar-refractivity contribution < 1.29 is 38.1 Å². The Morgan fingerprint density at radius 1 is 0.333 bits per heavy atom. The number of unbranched alkanes of at least 4 members (excludes halogenated alkanes) is 5. The summed E-state index contributed by atoms with van der Waals surface area (Å²) >= 11 is -0.690. The van der Waals surface area contributed by atoms with Gasteiger partial charge in [0.2, 0.25) is 0 Å². The van der Waals surface area contributed by atoms with Crippen LogP contribution in [0.25, 0.3) is 0 Å². The lowest BCUT2D eigenvalue weighted by atomic mass is 9.77. The molecule has 0 bridgehead atoms. The molecule has 132 heavy (non-hydrogen) atoms. The Hall–Kier alpha value is -3.67. The Kier molecular flexibility index (Phi) is 44.5. The van der Waals surface area contributed by atoms with E-state index in [2.05, 4.69) is 359 Å². The Balaban J connectivity index is 0.000000327. The van der Waals surface area contributed by atoms with E-state index in [-0.39, 0.29) is 104 Å². The van der Waals surface area contributed by atoms with Crippen molar-refractivity contribution in [2.75, 3.05) is 18.5 Å². The predicted octanol–water partition coefficient (Wildman–Crippen LogP) is 27.4. The number of para-hydroxylation sites is 1. The SMILES string of the molecule is CC(=O)OC1CC(C)(C)NC(C)(C)C1.CC1(C)CC(OC(=O)CCCCCCCCC(=O)OC2CC(C)(C)NC(C)(C)C2)CC(C)(C)N1.CC1(C)CC(OC(=O)c2ccccc2)CC(C)(C)N1.CC1(C)CCCC(C)(C)N1c1ccccc1.CC1CC(C)(C)NC(C)(C)C1.CCN1C(C)(C)CCCC1(C)C.CN1C(C)(C)CCCC1(C)C.C[CH2][Al]([CH2]C)[N]1C(C)(C)CCCC1(C)C. The highest BCUT2D eigenvalue weighted by Gasteiger charge is 2.49. The fraction of sp³-hybridized carbons (Fsp3) is 0.860. The van der Waals surface area contributed by atoms with Gasteiger partial charge in [-0.1, -0.05) is 100 Å². The minimum Gasteiger partial charge on any atom is -0.462 e. The topological polar surface area (TPSA) is 178 Å². The number of carbonyl (C=O) groups is 4. The van der Waals surface area contributed by atoms with Crippen LogP contribution in [0.15, 0.2) is 60.7 Å². The summed E-state index contributed by atoms with van der Waals surface area (Å²) < 4.78 is 25.5. The number of hydrogen-bond acceptors (Lipinski definition) is 17. The molecular formula is C114H212AlN9O8. The average molecular weight is 1860 g/mol. The van der Waals surface area contributed by atoms with E-state index >= 15 is 0 Å². The highest BCUT2D eigenvalue weighted by atomic mass is 27.2. The molecule has 0 saturated carbocycles. The molecule has 764 valence electrons. The van der Waals surface area contributed by atoms with E-state index in [0.717, 1.165) is 95.8 Å². The number of carbonyl (C=O) groups excluding carboxylic acids is 4. The molecule has 9 saturated heterocycles. The third-order valence-electron chi connectivity index (χ3n) is 30.0. The van der Waals surface area contributed by atoms with Crippen LogP contribution < -0.4 is 31.5 Å². The van der Waals surface area contributed by atoms with Crippen molar-refractivity contribution in [1.82, 2.24) is 40.3 Å². The number of likely N-dealkylation sites (tertiary alicyclic amines) is 2. The Morgan fingerprint density at radius 2 is 0.591 bits per heavy atom. The van der Waals surface area contributed by atoms with Gasteiger partial charge in [0.05, 0.1) is 5.56 Å². The summed E-state index contributed by atoms with van der Waals surface area (Å²) in [7, 11) is 2.25. The maximum atomic E-state index is 12.3. The van der Waals surface area contributed by atoms with E-state index < -0.39 is 14.4 Å². The molecule has 0 aliphatic carbocycles. The van der Waals surface area contributed by atoms with Gasteiger partial charge in [-0.25, -0.2) is 4.79 Å². The number of benzene rings is 2. The van der Waals surface area contributed by atoms with Crippen molar-refractivity contribution in [3.63, 3.8) is 0 Å². The Bertz CT molecular complexity index is 3570. The fourth-order valence-corrected chi connectivity index (χ4v) is 30.3. The largest absolute Gasteiger partial charge is 0.462 e. The lowest BCUT2D eigenvalue weighted by molar-refractivity contribution is -0.154. The van der Waals surface area contributed by atoms with Gasteiger partial charge in [-0.05, 0) is 407 Å². The van der Waals surface area contributed by atoms with E-state index in [1.54, 1.807) is 12.1 Å². The Labute approximate surface area is 819 Å². The Morgan fingerprint density at radius 3 is 0.864 bits per heavy atom. The van der Waals surface area contributed by atoms with Crippen LogP contribution in [0.5, 0.6) is 0 Å². The molecular weight excluding hydrogens is 1650 g/mol. The second-order valence-electron chi connectivity index (χ2n) is 53.8. The molecule has 0 spiro atoms. The van der Waals surface area contributed by atoms with E-state index in [0.29, 0.717) is 62.7 Å². The van der Waals surface area contributed by atoms with Gasteiger partial charge in [-0.2, -0.15) is 0 Å². The zero-order chi connectivity index (χ0) is 101. The van der Waals surface area contributed by atoms with Crippen LogP contribution >= 0.6 is 0 Å². The van der Waals surface area contributed by atoms with E-state index in [9.17, 15) is 19.2 Å². The van der Waals surface area contributed by atoms with Crippen LogP contribution in [0.4, 0.5) is 5.69 Å². The van der Waals surface area contributed by atoms with Gasteiger partial charge in [0.15, 0.2) is 0 Å². The maximum Gasteiger partial charge on any atom is 0.372 e. The van der Waals surface area contributed by atoms with Crippen molar-refractivity contribution in [1.29, 1.82) is 0 Å². The molecule has 9 fully saturated rings. The molecule has 0 amide bonds. The highest BCUT2D eigenvalue weighted by Crippen LogP contribution is 2.45. The zero-order valence-corrected chi connectivity index (χ0v) is 95.3. The first kappa shape index (κ1) is 121. The molecule has 9 heterocycles. The number of nitrogens with zero attached hydrogens (tertiary/aromatic N) is 4. The molecule has 9 aliphatic rings. The van der Waals surface area contributed by atoms with Crippen molar-refractivity contribution in [2.24, 2.45) is 5.92 Å². The summed E-state index contributed by atoms with van der Waals surface area (Å²) in [5.41, 5.74) is 5.73. The van der Waals surface area contributed by atoms with Gasteiger partial charge >= 0.3 is 38.2 Å². The van der Waals surface area contributed by atoms with Crippen LogP contribution in [0.1, 0.15) is 487 Å². The molecule has 0 aromatic heterocycles. The molecule has 11 rings (SSSR count). The first-order valence-electron chi connectivity index (χ1n) is 52.8. The smallest absolute Gasteiger partial charge is 0.372 e. The van der Waals surface area contributed by atoms with Gasteiger partial charge < -0.3 is 54.3 Å². The van der Waals surface area contributed by atoms with Crippen molar-refractivity contribution >= 4 is 43.9 Å². The molecule has 5 N–H and O–H groups in total. The predicted molar refractivity (Wildman–Crippen MR) is 565 cm³/mol. The molecule has 0 atom stereocenters. The number of anilines is 1. The lowest BCUT2D eigenvalue weighted by Gasteiger charge is -2.56. The fourth-order valence-electron chi connectivity index (χ4n) is 26.8. The molecule has 18 heteroatoms. The molecule has 0 unspecified atom stereocenters. The van der Waals surface area contributed by atoms with E-state index in [1.165, 1.54) is 120 Å². The highest BCUT2D eigenvalue weighted by molar-refractivity contribution is 6.56. The monoisotopic (exact) mass is 1860 g/mol. The van der Waals surface area contributed by atoms with Gasteiger partial charge in [-0.15, -0.1) is 0 Å². The minimum absolute atomic E-state index is 0.000484. The van der Waals surface area contributed by atoms with Gasteiger partial charge in [0, 0.05) is 165 Å². The summed E-state index contributed by atoms with van der Waals surface area (Å²) in [5.74, 6) is 0.333. The summed E-state index contributed by atoms with van der Waals surface area (Å²) in [6.45, 7) is 93.9. The minimum atomic E-state index is -0.690. The standard InChI is InChI=1S/C28H52N2O4.C16H23NO2.C15H23N.C11H21NO2.C11H23N.2C10H21N.C9H18N.2C2H5.Al/c1-25(2)17-21(18-26(3,4)29-25)33-23(31)15-13-11-9-10-12-14-16-24(32)34-22-19-27(5,6)30-28(7,8)20-22;1-15(2)10-13(11-16(3,4)17-15)19-14(18)12-8-6-5-7-9-12;1-14(2)11-8-12-15(3,4)16(14)13-9-6-5-7-10-13;1-8(13)14-9-6-10(2,3)12-11(4,5)7-9;1-6-12-10(2,3)8-7-9-11(12,4)5;1-8-6-9(2,3)11-10(4,5)7-8;1-9(2)7-6-8-10(3,4)11(9)5;1-8(2)6-5-7-9(3,4)10-8;2*1-2;/h21-22,29-30H,9-20H2,1-8H3;5-9,13,17H,10-11H2,1-4H3;5-7,9-10H,8,11-12H2,1-4H3;9,12H,6-7H2,1-5H3;6-9H2,1-5H3;8,11H,6-7H2,1-5H3;6-8H2,1-5H3;5-7H2,1-4H3;2*1H2,2H3;/q;;;;;;;-1;;;+1. The number of nitrogens with one attached hydrogen (secondary N) is 5. The van der Waals surface area contributed by atoms with Gasteiger partial charge in [-0.3, -0.25) is 24.2 Å². The first-order valence-corrected chi connectivity index (χ1v) is 55.0. The summed E-state index contributed by atoms with van der Waals surface area (Å²) in [5, 5.41) is 20.9. The summed E-state index contributed by atoms with van der Waals surface area (Å²) in [6, 6.07) is 20.0. The molecule has 17 nitrogen and oxygen atoms in total. The number of piperidine rings is 9.